The lowest BCUT2D eigenvalue weighted by atomic mass is 10.1. The smallest absolute Gasteiger partial charge is 0.134 e. The van der Waals surface area contributed by atoms with Crippen LogP contribution in [0.3, 0.4) is 0 Å². The summed E-state index contributed by atoms with van der Waals surface area (Å²) in [7, 11) is 0. The second kappa shape index (κ2) is 6.83. The normalized spacial score (nSPS) is 17.6. The second-order valence-corrected chi connectivity index (χ2v) is 5.72. The number of thioether (sulfide) groups is 1. The third-order valence-electron chi connectivity index (χ3n) is 3.14. The van der Waals surface area contributed by atoms with E-state index in [1.54, 1.807) is 6.33 Å². The van der Waals surface area contributed by atoms with Crippen molar-refractivity contribution in [3.8, 4) is 0 Å². The molecule has 4 nitrogen and oxygen atoms in total. The summed E-state index contributed by atoms with van der Waals surface area (Å²) in [4.78, 5) is 11.0. The van der Waals surface area contributed by atoms with E-state index >= 15 is 0 Å². The van der Waals surface area contributed by atoms with Crippen molar-refractivity contribution in [2.24, 2.45) is 0 Å². The fraction of sp³-hybridized carbons (Fsp3) is 0.692. The van der Waals surface area contributed by atoms with Crippen LogP contribution in [0, 0.1) is 0 Å². The van der Waals surface area contributed by atoms with Crippen molar-refractivity contribution in [3.05, 3.63) is 12.4 Å². The summed E-state index contributed by atoms with van der Waals surface area (Å²) in [6.45, 7) is 4.42. The van der Waals surface area contributed by atoms with Crippen LogP contribution in [0.15, 0.2) is 12.4 Å². The number of nitrogens with zero attached hydrogens (tertiary/aromatic N) is 3. The predicted octanol–water partition coefficient (Wildman–Crippen LogP) is 2.63. The van der Waals surface area contributed by atoms with E-state index in [9.17, 15) is 0 Å². The van der Waals surface area contributed by atoms with Crippen molar-refractivity contribution >= 4 is 23.4 Å². The van der Waals surface area contributed by atoms with Crippen molar-refractivity contribution in [1.82, 2.24) is 9.97 Å². The van der Waals surface area contributed by atoms with Gasteiger partial charge in [-0.2, -0.15) is 11.8 Å². The van der Waals surface area contributed by atoms with Gasteiger partial charge < -0.3 is 10.2 Å². The zero-order valence-corrected chi connectivity index (χ0v) is 12.0. The van der Waals surface area contributed by atoms with Crippen LogP contribution in [0.4, 0.5) is 11.6 Å². The highest BCUT2D eigenvalue weighted by molar-refractivity contribution is 7.98. The molecule has 0 radical (unpaired) electrons. The Morgan fingerprint density at radius 3 is 2.83 bits per heavy atom. The maximum atomic E-state index is 4.39. The second-order valence-electron chi connectivity index (χ2n) is 4.81. The molecule has 0 aliphatic carbocycles. The van der Waals surface area contributed by atoms with E-state index in [0.717, 1.165) is 30.5 Å². The zero-order chi connectivity index (χ0) is 12.8. The van der Waals surface area contributed by atoms with Gasteiger partial charge in [0.2, 0.25) is 0 Å². The van der Waals surface area contributed by atoms with Crippen molar-refractivity contribution in [2.75, 3.05) is 35.3 Å². The lowest BCUT2D eigenvalue weighted by Crippen LogP contribution is -2.30. The van der Waals surface area contributed by atoms with E-state index in [2.05, 4.69) is 39.4 Å². The van der Waals surface area contributed by atoms with Crippen molar-refractivity contribution in [3.63, 3.8) is 0 Å². The molecule has 1 aliphatic heterocycles. The predicted molar refractivity (Wildman–Crippen MR) is 79.6 cm³/mol. The van der Waals surface area contributed by atoms with Gasteiger partial charge in [-0.3, -0.25) is 0 Å². The number of hydrogen-bond donors (Lipinski definition) is 1. The fourth-order valence-electron chi connectivity index (χ4n) is 2.27. The number of rotatable bonds is 5. The number of hydrogen-bond acceptors (Lipinski definition) is 5. The summed E-state index contributed by atoms with van der Waals surface area (Å²) < 4.78 is 0. The Balaban J connectivity index is 2.00. The SMILES string of the molecule is CSCC(C)Nc1cc(N2CCCCC2)ncn1. The molecular formula is C13H22N4S. The highest BCUT2D eigenvalue weighted by atomic mass is 32.2. The van der Waals surface area contributed by atoms with Crippen LogP contribution in [-0.4, -0.2) is 41.1 Å². The lowest BCUT2D eigenvalue weighted by molar-refractivity contribution is 0.573. The Morgan fingerprint density at radius 2 is 2.11 bits per heavy atom. The third-order valence-corrected chi connectivity index (χ3v) is 3.98. The van der Waals surface area contributed by atoms with Gasteiger partial charge in [0, 0.05) is 31.0 Å². The Morgan fingerprint density at radius 1 is 1.33 bits per heavy atom. The minimum Gasteiger partial charge on any atom is -0.367 e. The van der Waals surface area contributed by atoms with Gasteiger partial charge in [0.15, 0.2) is 0 Å². The van der Waals surface area contributed by atoms with Gasteiger partial charge in [-0.05, 0) is 32.4 Å². The highest BCUT2D eigenvalue weighted by Gasteiger charge is 2.13. The van der Waals surface area contributed by atoms with Crippen LogP contribution in [0.2, 0.25) is 0 Å². The van der Waals surface area contributed by atoms with Crippen molar-refractivity contribution in [2.45, 2.75) is 32.2 Å². The van der Waals surface area contributed by atoms with Crippen LogP contribution in [0.1, 0.15) is 26.2 Å². The molecule has 1 atom stereocenters. The van der Waals surface area contributed by atoms with Crippen LogP contribution >= 0.6 is 11.8 Å². The summed E-state index contributed by atoms with van der Waals surface area (Å²) in [5.41, 5.74) is 0. The molecule has 1 saturated heterocycles. The van der Waals surface area contributed by atoms with E-state index in [1.807, 2.05) is 11.8 Å². The maximum Gasteiger partial charge on any atom is 0.134 e. The number of nitrogens with one attached hydrogen (secondary N) is 1. The average molecular weight is 266 g/mol. The van der Waals surface area contributed by atoms with E-state index in [4.69, 9.17) is 0 Å². The quantitative estimate of drug-likeness (QED) is 0.887. The van der Waals surface area contributed by atoms with Gasteiger partial charge in [0.25, 0.3) is 0 Å². The first-order chi connectivity index (χ1) is 8.79. The molecule has 1 fully saturated rings. The van der Waals surface area contributed by atoms with Gasteiger partial charge in [-0.1, -0.05) is 0 Å². The van der Waals surface area contributed by atoms with Gasteiger partial charge in [-0.25, -0.2) is 9.97 Å². The van der Waals surface area contributed by atoms with Crippen LogP contribution in [0.5, 0.6) is 0 Å². The number of anilines is 2. The molecule has 0 spiro atoms. The molecule has 1 N–H and O–H groups in total. The van der Waals surface area contributed by atoms with Crippen molar-refractivity contribution in [1.29, 1.82) is 0 Å². The third kappa shape index (κ3) is 3.77. The molecule has 18 heavy (non-hydrogen) atoms. The topological polar surface area (TPSA) is 41.0 Å². The first-order valence-electron chi connectivity index (χ1n) is 6.62. The number of piperidine rings is 1. The molecule has 0 aromatic carbocycles. The Hall–Kier alpha value is -0.970. The summed E-state index contributed by atoms with van der Waals surface area (Å²) in [5.74, 6) is 3.08. The maximum absolute atomic E-state index is 4.39. The largest absolute Gasteiger partial charge is 0.367 e. The van der Waals surface area contributed by atoms with Gasteiger partial charge in [-0.15, -0.1) is 0 Å². The summed E-state index contributed by atoms with van der Waals surface area (Å²) in [5, 5.41) is 3.42. The van der Waals surface area contributed by atoms with Crippen LogP contribution in [0.25, 0.3) is 0 Å². The van der Waals surface area contributed by atoms with Gasteiger partial charge in [0.05, 0.1) is 0 Å². The van der Waals surface area contributed by atoms with E-state index < -0.39 is 0 Å². The van der Waals surface area contributed by atoms with Crippen LogP contribution in [-0.2, 0) is 0 Å². The minimum absolute atomic E-state index is 0.434. The fourth-order valence-corrected chi connectivity index (χ4v) is 2.85. The molecule has 2 rings (SSSR count). The summed E-state index contributed by atoms with van der Waals surface area (Å²) in [6, 6.07) is 2.51. The van der Waals surface area contributed by atoms with Crippen LogP contribution < -0.4 is 10.2 Å². The molecule has 0 amide bonds. The molecule has 1 aromatic rings. The average Bonchev–Trinajstić information content (AvgIpc) is 2.40. The molecule has 1 unspecified atom stereocenters. The van der Waals surface area contributed by atoms with Gasteiger partial charge in [0.1, 0.15) is 18.0 Å². The molecule has 5 heteroatoms. The van der Waals surface area contributed by atoms with Crippen molar-refractivity contribution < 1.29 is 0 Å². The molecule has 100 valence electrons. The monoisotopic (exact) mass is 266 g/mol. The molecule has 0 bridgehead atoms. The standard InChI is InChI=1S/C13H22N4S/c1-11(9-18-2)16-12-8-13(15-10-14-12)17-6-4-3-5-7-17/h8,10-11H,3-7,9H2,1-2H3,(H,14,15,16). The van der Waals surface area contributed by atoms with E-state index in [-0.39, 0.29) is 0 Å². The number of aromatic nitrogens is 2. The van der Waals surface area contributed by atoms with E-state index in [0.29, 0.717) is 6.04 Å². The highest BCUT2D eigenvalue weighted by Crippen LogP contribution is 2.19. The molecule has 1 aliphatic rings. The molecule has 1 aromatic heterocycles. The van der Waals surface area contributed by atoms with E-state index in [1.165, 1.54) is 19.3 Å². The minimum atomic E-state index is 0.434. The summed E-state index contributed by atoms with van der Waals surface area (Å²) >= 11 is 1.84. The molecular weight excluding hydrogens is 244 g/mol. The molecule has 0 saturated carbocycles. The Labute approximate surface area is 114 Å². The van der Waals surface area contributed by atoms with Gasteiger partial charge >= 0.3 is 0 Å². The lowest BCUT2D eigenvalue weighted by Gasteiger charge is -2.27. The Kier molecular flexibility index (Phi) is 5.11. The first kappa shape index (κ1) is 13.5. The first-order valence-corrected chi connectivity index (χ1v) is 8.01. The molecule has 2 heterocycles. The Bertz CT molecular complexity index is 366. The summed E-state index contributed by atoms with van der Waals surface area (Å²) in [6.07, 6.45) is 7.68. The zero-order valence-electron chi connectivity index (χ0n) is 11.2.